The van der Waals surface area contributed by atoms with E-state index in [0.29, 0.717) is 6.42 Å². The first-order valence-corrected chi connectivity index (χ1v) is 5.13. The molecule has 0 aromatic heterocycles. The van der Waals surface area contributed by atoms with Crippen LogP contribution in [-0.4, -0.2) is 11.2 Å². The molecule has 0 fully saturated rings. The van der Waals surface area contributed by atoms with Crippen molar-refractivity contribution in [3.05, 3.63) is 48.2 Å². The van der Waals surface area contributed by atoms with Crippen LogP contribution >= 0.6 is 0 Å². The van der Waals surface area contributed by atoms with Crippen LogP contribution in [0.5, 0.6) is 0 Å². The lowest BCUT2D eigenvalue weighted by atomic mass is 9.84. The van der Waals surface area contributed by atoms with Crippen LogP contribution in [0.2, 0.25) is 0 Å². The Hall–Kier alpha value is -1.32. The number of aliphatic hydroxyl groups excluding tert-OH is 1. The maximum atomic E-state index is 10.1. The summed E-state index contributed by atoms with van der Waals surface area (Å²) in [5, 5.41) is 10.1. The van der Waals surface area contributed by atoms with Crippen molar-refractivity contribution in [2.45, 2.75) is 25.0 Å². The Labute approximate surface area is 89.3 Å². The highest BCUT2D eigenvalue weighted by Crippen LogP contribution is 2.31. The van der Waals surface area contributed by atoms with E-state index in [-0.39, 0.29) is 0 Å². The second kappa shape index (κ2) is 4.04. The maximum absolute atomic E-state index is 10.1. The summed E-state index contributed by atoms with van der Waals surface area (Å²) in [6, 6.07) is 9.81. The molecule has 1 aliphatic heterocycles. The molecule has 0 radical (unpaired) electrons. The average Bonchev–Trinajstić information content (AvgIpc) is 2.79. The van der Waals surface area contributed by atoms with Crippen molar-refractivity contribution in [2.24, 2.45) is 0 Å². The summed E-state index contributed by atoms with van der Waals surface area (Å²) in [4.78, 5) is 5.05. The van der Waals surface area contributed by atoms with Crippen molar-refractivity contribution in [3.8, 4) is 0 Å². The summed E-state index contributed by atoms with van der Waals surface area (Å²) < 4.78 is 0. The highest BCUT2D eigenvalue weighted by atomic mass is 16.6. The molecule has 0 spiro atoms. The normalized spacial score (nSPS) is 26.3. The van der Waals surface area contributed by atoms with Crippen LogP contribution in [0.3, 0.4) is 0 Å². The van der Waals surface area contributed by atoms with Gasteiger partial charge in [0.15, 0.2) is 0 Å². The van der Waals surface area contributed by atoms with Crippen LogP contribution in [0.4, 0.5) is 0 Å². The fourth-order valence-electron chi connectivity index (χ4n) is 1.87. The maximum Gasteiger partial charge on any atom is 0.126 e. The Bertz CT molecular complexity index is 350. The zero-order valence-electron chi connectivity index (χ0n) is 8.68. The van der Waals surface area contributed by atoms with E-state index in [1.54, 1.807) is 6.26 Å². The Kier molecular flexibility index (Phi) is 2.75. The SMILES string of the molecule is CCC(O)C1(c2ccccc2)C=CON1. The summed E-state index contributed by atoms with van der Waals surface area (Å²) in [7, 11) is 0. The molecule has 0 saturated carbocycles. The van der Waals surface area contributed by atoms with Gasteiger partial charge in [0.05, 0.1) is 6.10 Å². The Morgan fingerprint density at radius 3 is 2.67 bits per heavy atom. The Balaban J connectivity index is 2.40. The predicted molar refractivity (Wildman–Crippen MR) is 57.8 cm³/mol. The number of aliphatic hydroxyl groups is 1. The average molecular weight is 205 g/mol. The second-order valence-electron chi connectivity index (χ2n) is 3.68. The largest absolute Gasteiger partial charge is 0.416 e. The molecule has 15 heavy (non-hydrogen) atoms. The van der Waals surface area contributed by atoms with Crippen LogP contribution in [0.1, 0.15) is 18.9 Å². The first-order chi connectivity index (χ1) is 7.29. The van der Waals surface area contributed by atoms with Gasteiger partial charge in [-0.25, -0.2) is 0 Å². The molecule has 2 N–H and O–H groups in total. The van der Waals surface area contributed by atoms with E-state index in [2.05, 4.69) is 5.48 Å². The van der Waals surface area contributed by atoms with Crippen molar-refractivity contribution in [3.63, 3.8) is 0 Å². The topological polar surface area (TPSA) is 41.5 Å². The molecule has 3 nitrogen and oxygen atoms in total. The van der Waals surface area contributed by atoms with E-state index in [1.807, 2.05) is 43.3 Å². The molecule has 80 valence electrons. The van der Waals surface area contributed by atoms with E-state index < -0.39 is 11.6 Å². The highest BCUT2D eigenvalue weighted by molar-refractivity contribution is 5.32. The minimum Gasteiger partial charge on any atom is -0.416 e. The van der Waals surface area contributed by atoms with E-state index >= 15 is 0 Å². The van der Waals surface area contributed by atoms with Gasteiger partial charge in [0.25, 0.3) is 0 Å². The van der Waals surface area contributed by atoms with Crippen molar-refractivity contribution < 1.29 is 9.94 Å². The van der Waals surface area contributed by atoms with Crippen molar-refractivity contribution in [1.29, 1.82) is 0 Å². The van der Waals surface area contributed by atoms with Crippen LogP contribution < -0.4 is 5.48 Å². The van der Waals surface area contributed by atoms with Gasteiger partial charge >= 0.3 is 0 Å². The molecule has 1 aromatic carbocycles. The fraction of sp³-hybridized carbons (Fsp3) is 0.333. The second-order valence-corrected chi connectivity index (χ2v) is 3.68. The third-order valence-electron chi connectivity index (χ3n) is 2.79. The van der Waals surface area contributed by atoms with E-state index in [1.165, 1.54) is 0 Å². The van der Waals surface area contributed by atoms with E-state index in [9.17, 15) is 5.11 Å². The third-order valence-corrected chi connectivity index (χ3v) is 2.79. The molecule has 2 atom stereocenters. The molecule has 2 unspecified atom stereocenters. The van der Waals surface area contributed by atoms with Gasteiger partial charge in [0, 0.05) is 0 Å². The molecule has 3 heteroatoms. The third kappa shape index (κ3) is 1.64. The van der Waals surface area contributed by atoms with Crippen molar-refractivity contribution >= 4 is 0 Å². The predicted octanol–water partition coefficient (Wildman–Crippen LogP) is 1.70. The smallest absolute Gasteiger partial charge is 0.126 e. The Morgan fingerprint density at radius 2 is 2.13 bits per heavy atom. The van der Waals surface area contributed by atoms with Gasteiger partial charge in [-0.05, 0) is 18.1 Å². The quantitative estimate of drug-likeness (QED) is 0.789. The number of nitrogens with one attached hydrogen (secondary N) is 1. The summed E-state index contributed by atoms with van der Waals surface area (Å²) >= 11 is 0. The minimum absolute atomic E-state index is 0.501. The molecule has 1 heterocycles. The first kappa shape index (κ1) is 10.2. The summed E-state index contributed by atoms with van der Waals surface area (Å²) in [6.07, 6.45) is 3.59. The number of hydrogen-bond acceptors (Lipinski definition) is 3. The summed E-state index contributed by atoms with van der Waals surface area (Å²) in [5.41, 5.74) is 3.28. The highest BCUT2D eigenvalue weighted by Gasteiger charge is 2.39. The molecule has 0 aliphatic carbocycles. The Morgan fingerprint density at radius 1 is 1.40 bits per heavy atom. The standard InChI is InChI=1S/C12H15NO2/c1-2-11(14)12(8-9-15-13-12)10-6-4-3-5-7-10/h3-9,11,13-14H,2H2,1H3. The van der Waals surface area contributed by atoms with Crippen LogP contribution in [0, 0.1) is 0 Å². The van der Waals surface area contributed by atoms with Gasteiger partial charge in [0.1, 0.15) is 11.8 Å². The van der Waals surface area contributed by atoms with Crippen LogP contribution in [0.15, 0.2) is 42.7 Å². The molecular weight excluding hydrogens is 190 g/mol. The summed E-state index contributed by atoms with van der Waals surface area (Å²) in [5.74, 6) is 0. The monoisotopic (exact) mass is 205 g/mol. The molecule has 1 aliphatic rings. The fourth-order valence-corrected chi connectivity index (χ4v) is 1.87. The first-order valence-electron chi connectivity index (χ1n) is 5.13. The van der Waals surface area contributed by atoms with Gasteiger partial charge in [-0.2, -0.15) is 0 Å². The number of hydroxylamine groups is 1. The van der Waals surface area contributed by atoms with E-state index in [4.69, 9.17) is 4.84 Å². The van der Waals surface area contributed by atoms with Gasteiger partial charge < -0.3 is 9.94 Å². The lowest BCUT2D eigenvalue weighted by molar-refractivity contribution is 0.00809. The summed E-state index contributed by atoms with van der Waals surface area (Å²) in [6.45, 7) is 1.95. The van der Waals surface area contributed by atoms with Crippen molar-refractivity contribution in [1.82, 2.24) is 5.48 Å². The molecule has 0 saturated heterocycles. The molecule has 1 aromatic rings. The minimum atomic E-state index is -0.601. The lowest BCUT2D eigenvalue weighted by Crippen LogP contribution is -2.46. The van der Waals surface area contributed by atoms with Crippen molar-refractivity contribution in [2.75, 3.05) is 0 Å². The lowest BCUT2D eigenvalue weighted by Gasteiger charge is -2.31. The van der Waals surface area contributed by atoms with Gasteiger partial charge in [0.2, 0.25) is 0 Å². The van der Waals surface area contributed by atoms with Crippen LogP contribution in [0.25, 0.3) is 0 Å². The number of rotatable bonds is 3. The van der Waals surface area contributed by atoms with Crippen LogP contribution in [-0.2, 0) is 10.4 Å². The molecular formula is C12H15NO2. The zero-order chi connectivity index (χ0) is 10.7. The molecule has 0 amide bonds. The van der Waals surface area contributed by atoms with Gasteiger partial charge in [-0.1, -0.05) is 37.3 Å². The number of hydrogen-bond donors (Lipinski definition) is 2. The molecule has 2 rings (SSSR count). The van der Waals surface area contributed by atoms with E-state index in [0.717, 1.165) is 5.56 Å². The zero-order valence-corrected chi connectivity index (χ0v) is 8.68. The van der Waals surface area contributed by atoms with Gasteiger partial charge in [-0.3, -0.25) is 0 Å². The molecule has 0 bridgehead atoms. The number of benzene rings is 1. The van der Waals surface area contributed by atoms with Gasteiger partial charge in [-0.15, -0.1) is 5.48 Å².